The van der Waals surface area contributed by atoms with Gasteiger partial charge in [0.15, 0.2) is 0 Å². The topological polar surface area (TPSA) is 25.2 Å². The molecule has 0 atom stereocenters. The van der Waals surface area contributed by atoms with Gasteiger partial charge in [0, 0.05) is 10.7 Å². The predicted molar refractivity (Wildman–Crippen MR) is 62.2 cm³/mol. The summed E-state index contributed by atoms with van der Waals surface area (Å²) in [6, 6.07) is 9.61. The lowest BCUT2D eigenvalue weighted by molar-refractivity contribution is 0.518. The minimum absolute atomic E-state index is 0.690. The molecule has 0 radical (unpaired) electrons. The molecule has 1 heterocycles. The summed E-state index contributed by atoms with van der Waals surface area (Å²) in [4.78, 5) is 0. The smallest absolute Gasteiger partial charge is 0.122 e. The van der Waals surface area contributed by atoms with Gasteiger partial charge in [-0.05, 0) is 42.8 Å². The number of furan rings is 1. The van der Waals surface area contributed by atoms with Crippen molar-refractivity contribution in [3.05, 3.63) is 52.9 Å². The molecule has 0 aliphatic carbocycles. The van der Waals surface area contributed by atoms with Gasteiger partial charge in [-0.3, -0.25) is 0 Å². The van der Waals surface area contributed by atoms with E-state index in [0.29, 0.717) is 6.54 Å². The molecule has 0 spiro atoms. The summed E-state index contributed by atoms with van der Waals surface area (Å²) in [6.45, 7) is 2.71. The summed E-state index contributed by atoms with van der Waals surface area (Å²) in [5.41, 5.74) is 2.21. The number of benzene rings is 1. The van der Waals surface area contributed by atoms with Gasteiger partial charge in [0.05, 0.1) is 12.8 Å². The first kappa shape index (κ1) is 10.1. The van der Waals surface area contributed by atoms with E-state index in [1.807, 2.05) is 37.3 Å². The summed E-state index contributed by atoms with van der Waals surface area (Å²) in [6.07, 6.45) is 1.67. The van der Waals surface area contributed by atoms with E-state index in [1.165, 1.54) is 0 Å². The average molecular weight is 222 g/mol. The second kappa shape index (κ2) is 4.41. The fourth-order valence-corrected chi connectivity index (χ4v) is 1.65. The Balaban J connectivity index is 2.05. The number of hydrogen-bond acceptors (Lipinski definition) is 2. The van der Waals surface area contributed by atoms with Gasteiger partial charge < -0.3 is 9.73 Å². The van der Waals surface area contributed by atoms with Crippen molar-refractivity contribution in [1.82, 2.24) is 0 Å². The fourth-order valence-electron chi connectivity index (χ4n) is 1.42. The zero-order valence-corrected chi connectivity index (χ0v) is 9.21. The largest absolute Gasteiger partial charge is 0.467 e. The molecule has 2 rings (SSSR count). The van der Waals surface area contributed by atoms with Crippen LogP contribution in [0.2, 0.25) is 5.02 Å². The van der Waals surface area contributed by atoms with Gasteiger partial charge in [-0.1, -0.05) is 11.6 Å². The van der Waals surface area contributed by atoms with Crippen LogP contribution in [0.4, 0.5) is 5.69 Å². The summed E-state index contributed by atoms with van der Waals surface area (Å²) < 4.78 is 5.23. The second-order valence-electron chi connectivity index (χ2n) is 3.39. The van der Waals surface area contributed by atoms with Crippen LogP contribution in [0.3, 0.4) is 0 Å². The monoisotopic (exact) mass is 221 g/mol. The highest BCUT2D eigenvalue weighted by Crippen LogP contribution is 2.20. The van der Waals surface area contributed by atoms with Crippen LogP contribution in [0.25, 0.3) is 0 Å². The number of anilines is 1. The lowest BCUT2D eigenvalue weighted by Gasteiger charge is -2.08. The molecule has 0 saturated heterocycles. The van der Waals surface area contributed by atoms with Crippen molar-refractivity contribution in [2.45, 2.75) is 13.5 Å². The fraction of sp³-hybridized carbons (Fsp3) is 0.167. The molecule has 1 aromatic carbocycles. The molecular formula is C12H12ClNO. The first-order valence-electron chi connectivity index (χ1n) is 4.78. The molecule has 0 bridgehead atoms. The standard InChI is InChI=1S/C12H12ClNO/c1-9-7-10(13)4-5-12(9)14-8-11-3-2-6-15-11/h2-7,14H,8H2,1H3. The van der Waals surface area contributed by atoms with E-state index in [0.717, 1.165) is 22.0 Å². The van der Waals surface area contributed by atoms with Crippen molar-refractivity contribution in [3.8, 4) is 0 Å². The van der Waals surface area contributed by atoms with Gasteiger partial charge in [-0.25, -0.2) is 0 Å². The lowest BCUT2D eigenvalue weighted by Crippen LogP contribution is -1.99. The van der Waals surface area contributed by atoms with E-state index in [9.17, 15) is 0 Å². The Morgan fingerprint density at radius 3 is 2.87 bits per heavy atom. The van der Waals surface area contributed by atoms with Crippen LogP contribution in [-0.4, -0.2) is 0 Å². The van der Waals surface area contributed by atoms with E-state index in [2.05, 4.69) is 5.32 Å². The molecule has 0 saturated carbocycles. The Labute approximate surface area is 93.9 Å². The van der Waals surface area contributed by atoms with E-state index >= 15 is 0 Å². The second-order valence-corrected chi connectivity index (χ2v) is 3.83. The van der Waals surface area contributed by atoms with Crippen LogP contribution < -0.4 is 5.32 Å². The third-order valence-electron chi connectivity index (χ3n) is 2.22. The maximum Gasteiger partial charge on any atom is 0.122 e. The molecule has 78 valence electrons. The average Bonchev–Trinajstić information content (AvgIpc) is 2.69. The van der Waals surface area contributed by atoms with E-state index in [4.69, 9.17) is 16.0 Å². The first-order chi connectivity index (χ1) is 7.25. The minimum Gasteiger partial charge on any atom is -0.467 e. The minimum atomic E-state index is 0.690. The molecule has 15 heavy (non-hydrogen) atoms. The maximum absolute atomic E-state index is 5.87. The molecule has 0 aliphatic heterocycles. The maximum atomic E-state index is 5.87. The van der Waals surface area contributed by atoms with Gasteiger partial charge in [0.2, 0.25) is 0 Å². The Morgan fingerprint density at radius 2 is 2.20 bits per heavy atom. The number of halogens is 1. The molecule has 0 fully saturated rings. The molecular weight excluding hydrogens is 210 g/mol. The van der Waals surface area contributed by atoms with E-state index in [1.54, 1.807) is 6.26 Å². The number of aryl methyl sites for hydroxylation is 1. The van der Waals surface area contributed by atoms with Crippen molar-refractivity contribution in [2.75, 3.05) is 5.32 Å². The normalized spacial score (nSPS) is 10.3. The molecule has 3 heteroatoms. The van der Waals surface area contributed by atoms with Crippen LogP contribution in [0.5, 0.6) is 0 Å². The molecule has 1 N–H and O–H groups in total. The Bertz CT molecular complexity index is 437. The van der Waals surface area contributed by atoms with Crippen molar-refractivity contribution < 1.29 is 4.42 Å². The summed E-state index contributed by atoms with van der Waals surface area (Å²) in [7, 11) is 0. The zero-order valence-electron chi connectivity index (χ0n) is 8.46. The zero-order chi connectivity index (χ0) is 10.7. The molecule has 2 nitrogen and oxygen atoms in total. The van der Waals surface area contributed by atoms with E-state index < -0.39 is 0 Å². The van der Waals surface area contributed by atoms with E-state index in [-0.39, 0.29) is 0 Å². The van der Waals surface area contributed by atoms with Gasteiger partial charge in [-0.15, -0.1) is 0 Å². The molecule has 1 aromatic heterocycles. The Morgan fingerprint density at radius 1 is 1.33 bits per heavy atom. The highest BCUT2D eigenvalue weighted by atomic mass is 35.5. The SMILES string of the molecule is Cc1cc(Cl)ccc1NCc1ccco1. The van der Waals surface area contributed by atoms with Gasteiger partial charge in [0.1, 0.15) is 5.76 Å². The van der Waals surface area contributed by atoms with Crippen LogP contribution in [0, 0.1) is 6.92 Å². The highest BCUT2D eigenvalue weighted by Gasteiger charge is 1.99. The number of rotatable bonds is 3. The summed E-state index contributed by atoms with van der Waals surface area (Å²) in [5, 5.41) is 4.05. The highest BCUT2D eigenvalue weighted by molar-refractivity contribution is 6.30. The van der Waals surface area contributed by atoms with Crippen molar-refractivity contribution >= 4 is 17.3 Å². The first-order valence-corrected chi connectivity index (χ1v) is 5.16. The van der Waals surface area contributed by atoms with Gasteiger partial charge in [0.25, 0.3) is 0 Å². The van der Waals surface area contributed by atoms with Crippen LogP contribution in [0.15, 0.2) is 41.0 Å². The lowest BCUT2D eigenvalue weighted by atomic mass is 10.2. The third-order valence-corrected chi connectivity index (χ3v) is 2.46. The number of nitrogens with one attached hydrogen (secondary N) is 1. The third kappa shape index (κ3) is 2.54. The van der Waals surface area contributed by atoms with Gasteiger partial charge in [-0.2, -0.15) is 0 Å². The molecule has 0 unspecified atom stereocenters. The van der Waals surface area contributed by atoms with Crippen LogP contribution in [-0.2, 0) is 6.54 Å². The van der Waals surface area contributed by atoms with Crippen LogP contribution in [0.1, 0.15) is 11.3 Å². The molecule has 0 amide bonds. The number of hydrogen-bond donors (Lipinski definition) is 1. The van der Waals surface area contributed by atoms with Gasteiger partial charge >= 0.3 is 0 Å². The summed E-state index contributed by atoms with van der Waals surface area (Å²) >= 11 is 5.87. The predicted octanol–water partition coefficient (Wildman–Crippen LogP) is 3.85. The van der Waals surface area contributed by atoms with Crippen molar-refractivity contribution in [2.24, 2.45) is 0 Å². The Kier molecular flexibility index (Phi) is 2.97. The van der Waals surface area contributed by atoms with Crippen LogP contribution >= 0.6 is 11.6 Å². The molecule has 2 aromatic rings. The Hall–Kier alpha value is -1.41. The van der Waals surface area contributed by atoms with Crippen molar-refractivity contribution in [1.29, 1.82) is 0 Å². The van der Waals surface area contributed by atoms with Crippen molar-refractivity contribution in [3.63, 3.8) is 0 Å². The summed E-state index contributed by atoms with van der Waals surface area (Å²) in [5.74, 6) is 0.921. The quantitative estimate of drug-likeness (QED) is 0.852. The molecule has 0 aliphatic rings.